The monoisotopic (exact) mass is 2040 g/mol. The van der Waals surface area contributed by atoms with Crippen molar-refractivity contribution >= 4 is 102 Å². The fourth-order valence-corrected chi connectivity index (χ4v) is 17.2. The summed E-state index contributed by atoms with van der Waals surface area (Å²) in [7, 11) is 14.8. The van der Waals surface area contributed by atoms with E-state index in [1.54, 1.807) is 0 Å². The second-order valence-electron chi connectivity index (χ2n) is 32.4. The van der Waals surface area contributed by atoms with Gasteiger partial charge in [-0.05, 0) is 231 Å². The van der Waals surface area contributed by atoms with Crippen LogP contribution in [0.5, 0.6) is 0 Å². The molecular weight excluding hydrogens is 1840 g/mol. The number of anilines is 16. The van der Waals surface area contributed by atoms with Crippen molar-refractivity contribution in [2.45, 2.75) is 321 Å². The Balaban J connectivity index is 0.00000166. The van der Waals surface area contributed by atoms with Gasteiger partial charge < -0.3 is 58.8 Å². The van der Waals surface area contributed by atoms with Crippen LogP contribution in [-0.4, -0.2) is 104 Å². The largest absolute Gasteiger partial charge is 0.359 e. The third-order valence-corrected chi connectivity index (χ3v) is 24.9. The number of hydrogen-bond donors (Lipinski definition) is 0. The summed E-state index contributed by atoms with van der Waals surface area (Å²) in [6.45, 7) is 84.3. The predicted octanol–water partition coefficient (Wildman–Crippen LogP) is 37.8. The molecule has 9 aromatic carbocycles. The van der Waals surface area contributed by atoms with Gasteiger partial charge in [-0.2, -0.15) is 0 Å². The molecule has 0 aliphatic carbocycles. The molecule has 0 N–H and O–H groups in total. The summed E-state index contributed by atoms with van der Waals surface area (Å²) in [5, 5.41) is 2.56. The van der Waals surface area contributed by atoms with Gasteiger partial charge in [0, 0.05) is 131 Å². The first-order chi connectivity index (χ1) is 72.9. The van der Waals surface area contributed by atoms with Gasteiger partial charge in [0.1, 0.15) is 44.0 Å². The second-order valence-corrected chi connectivity index (χ2v) is 32.4. The van der Waals surface area contributed by atoms with Gasteiger partial charge in [0.15, 0.2) is 17.8 Å². The Morgan fingerprint density at radius 2 is 0.493 bits per heavy atom. The Labute approximate surface area is 916 Å². The Kier molecular flexibility index (Phi) is 68.3. The second kappa shape index (κ2) is 75.1. The van der Waals surface area contributed by atoms with Crippen LogP contribution in [0.15, 0.2) is 317 Å². The summed E-state index contributed by atoms with van der Waals surface area (Å²) in [4.78, 5) is 45.1. The molecule has 20 rings (SSSR count). The summed E-state index contributed by atoms with van der Waals surface area (Å²) in [5.41, 5.74) is 29.0. The van der Waals surface area contributed by atoms with Gasteiger partial charge in [0.2, 0.25) is 5.69 Å². The van der Waals surface area contributed by atoms with Crippen LogP contribution in [0, 0.1) is 48.5 Å². The minimum absolute atomic E-state index is 0.288. The molecule has 0 unspecified atom stereocenters. The molecule has 11 heterocycles. The van der Waals surface area contributed by atoms with E-state index >= 15 is 0 Å². The third-order valence-electron chi connectivity index (χ3n) is 24.9. The van der Waals surface area contributed by atoms with Crippen LogP contribution in [0.25, 0.3) is 22.0 Å². The number of para-hydroxylation sites is 8. The maximum Gasteiger partial charge on any atom is 0.213 e. The lowest BCUT2D eigenvalue weighted by Crippen LogP contribution is -2.36. The van der Waals surface area contributed by atoms with E-state index in [-0.39, 0.29) is 12.3 Å². The van der Waals surface area contributed by atoms with E-state index in [2.05, 4.69) is 490 Å². The van der Waals surface area contributed by atoms with Crippen LogP contribution in [0.4, 0.5) is 91.3 Å². The van der Waals surface area contributed by atoms with E-state index < -0.39 is 0 Å². The van der Waals surface area contributed by atoms with Gasteiger partial charge in [-0.3, -0.25) is 9.97 Å². The molecule has 0 saturated carbocycles. The van der Waals surface area contributed by atoms with Crippen molar-refractivity contribution in [3.63, 3.8) is 0 Å². The number of nitrogens with zero attached hydrogens (tertiary/aromatic N) is 17. The molecule has 0 fully saturated rings. The average molecular weight is 2040 g/mol. The van der Waals surface area contributed by atoms with Gasteiger partial charge in [-0.25, -0.2) is 14.5 Å². The fraction of sp³-hybridized carbons (Fsp3) is 0.406. The third kappa shape index (κ3) is 34.7. The predicted molar refractivity (Wildman–Crippen MR) is 673 cm³/mol. The zero-order valence-corrected chi connectivity index (χ0v) is 103. The highest BCUT2D eigenvalue weighted by atomic mass is 15.5. The summed E-state index contributed by atoms with van der Waals surface area (Å²) >= 11 is 0. The van der Waals surface area contributed by atoms with Crippen LogP contribution >= 0.6 is 0 Å². The van der Waals surface area contributed by atoms with Crippen LogP contribution in [0.2, 0.25) is 0 Å². The maximum absolute atomic E-state index is 4.54. The van der Waals surface area contributed by atoms with Gasteiger partial charge >= 0.3 is 0 Å². The van der Waals surface area contributed by atoms with Crippen molar-refractivity contribution in [3.05, 3.63) is 356 Å². The molecule has 6 aliphatic heterocycles. The average Bonchev–Trinajstić information content (AvgIpc) is 1.66. The molecule has 6 atom stereocenters. The highest BCUT2D eigenvalue weighted by molar-refractivity contribution is 5.89. The summed E-state index contributed by atoms with van der Waals surface area (Å²) in [5.74, 6) is 2.09. The number of fused-ring (bicyclic) bond motifs is 6. The quantitative estimate of drug-likeness (QED) is 0.142. The minimum atomic E-state index is 0.288. The Morgan fingerprint density at radius 3 is 0.887 bits per heavy atom. The molecule has 0 saturated heterocycles. The first-order valence-electron chi connectivity index (χ1n) is 56.4. The molecule has 0 bridgehead atoms. The molecule has 0 radical (unpaired) electrons. The van der Waals surface area contributed by atoms with E-state index in [4.69, 9.17) is 0 Å². The van der Waals surface area contributed by atoms with Crippen LogP contribution < -0.4 is 58.5 Å². The lowest BCUT2D eigenvalue weighted by molar-refractivity contribution is -0.659. The molecule has 6 aliphatic rings. The van der Waals surface area contributed by atoms with Gasteiger partial charge in [0.25, 0.3) is 0 Å². The molecule has 150 heavy (non-hydrogen) atoms. The molecule has 0 spiro atoms. The van der Waals surface area contributed by atoms with Crippen molar-refractivity contribution < 1.29 is 4.57 Å². The highest BCUT2D eigenvalue weighted by Gasteiger charge is 2.38. The smallest absolute Gasteiger partial charge is 0.213 e. The Bertz CT molecular complexity index is 5380. The van der Waals surface area contributed by atoms with Crippen LogP contribution in [-0.2, 0) is 7.05 Å². The SMILES string of the molecule is CC.CC.CC.CC.CC.CC.CC.CC.CC.CC.CC.CC.CC.CC.Cc1ccccc1-c1cc2ccccc2c[n+]1C.Cc1ccccc1N1C=CN(C)[C@@H]1C.Cc1ccccc1N1c2ccccc2N(C)[C@@H]1C.Cc1ccccc1N1c2cccnc2N(C)[C@@H]1C.Cc1ccccc1N1c2ccncc2N(C)[C@@H]1C.Cc1ccccc1N1c2cnccc2N(C)[C@@H]1C.Cc1ccccc1N1c2ncccc2N(C)[C@@H]1C. The maximum atomic E-state index is 4.54. The number of hydrogen-bond acceptors (Lipinski definition) is 16. The first-order valence-corrected chi connectivity index (χ1v) is 56.4. The normalized spacial score (nSPS) is 14.6. The van der Waals surface area contributed by atoms with Crippen molar-refractivity contribution in [3.8, 4) is 11.3 Å². The van der Waals surface area contributed by atoms with Crippen LogP contribution in [0.3, 0.4) is 0 Å². The van der Waals surface area contributed by atoms with Gasteiger partial charge in [-0.15, -0.1) is 0 Å². The zero-order valence-electron chi connectivity index (χ0n) is 103. The number of benzene rings is 9. The number of rotatable bonds is 7. The van der Waals surface area contributed by atoms with Crippen molar-refractivity contribution in [2.24, 2.45) is 7.05 Å². The molecule has 17 heteroatoms. The lowest BCUT2D eigenvalue weighted by atomic mass is 10.0. The topological polar surface area (TPSA) is 94.3 Å². The lowest BCUT2D eigenvalue weighted by Gasteiger charge is -2.28. The highest BCUT2D eigenvalue weighted by Crippen LogP contribution is 2.49. The van der Waals surface area contributed by atoms with Crippen molar-refractivity contribution in [2.75, 3.05) is 96.2 Å². The number of pyridine rings is 5. The molecule has 818 valence electrons. The summed E-state index contributed by atoms with van der Waals surface area (Å²) < 4.78 is 2.20. The summed E-state index contributed by atoms with van der Waals surface area (Å²) in [6.07, 6.45) is 19.7. The molecule has 17 nitrogen and oxygen atoms in total. The Hall–Kier alpha value is -13.7. The molecule has 5 aromatic heterocycles. The van der Waals surface area contributed by atoms with E-state index in [1.165, 1.54) is 141 Å². The van der Waals surface area contributed by atoms with Crippen molar-refractivity contribution in [1.29, 1.82) is 0 Å². The van der Waals surface area contributed by atoms with Crippen LogP contribution in [0.1, 0.15) is 274 Å². The standard InChI is InChI=1S/C17H16N.C16H18N2.4C15H17N3.C12H16N2.14C2H6/c1-13-7-3-6-10-16(13)17-11-14-8-4-5-9-15(14)12-18(17)2;1-12-8-4-5-9-14(12)18-13(2)17(3)15-10-6-7-11-16(15)18;1-11-7-4-5-8-13(11)18-12(2)17(3)15-14(18)9-6-10-16-15;1-11-7-4-5-8-13(11)18-12(2)17(3)14-9-6-10-16-15(14)18;1-11-6-4-5-7-13(11)18-12(2)17(3)15-10-16-9-8-14(15)18;1-11-6-4-5-7-13(11)18-12(2)17(3)14-8-9-16-10-15(14)18;1-10-6-4-5-7-12(10)14-9-8-13(3)11(14)2;14*1-2/h3-12H,1-2H3;4-11,13H,1-3H3;4*4-10,12H,1-3H3;4-9,11H,1-3H3;14*1-2H3/q+1;;;;;;;;;;;;;;;;;;;;/t;13-;4*12-;11-;;;;;;;;;;;;;;/m.000000............../s1. The van der Waals surface area contributed by atoms with E-state index in [9.17, 15) is 0 Å². The van der Waals surface area contributed by atoms with E-state index in [0.717, 1.165) is 11.6 Å². The molecular formula is C133H202N17+. The van der Waals surface area contributed by atoms with Gasteiger partial charge in [-0.1, -0.05) is 352 Å². The minimum Gasteiger partial charge on any atom is -0.359 e. The fourth-order valence-electron chi connectivity index (χ4n) is 17.2. The van der Waals surface area contributed by atoms with E-state index in [0.29, 0.717) is 24.7 Å². The number of aromatic nitrogens is 5. The molecule has 0 amide bonds. The van der Waals surface area contributed by atoms with Gasteiger partial charge in [0.05, 0.1) is 57.9 Å². The Morgan fingerprint density at radius 1 is 0.220 bits per heavy atom. The van der Waals surface area contributed by atoms with Crippen molar-refractivity contribution in [1.82, 2.24) is 24.8 Å². The molecule has 14 aromatic rings. The van der Waals surface area contributed by atoms with E-state index in [1.807, 2.05) is 243 Å². The number of aryl methyl sites for hydroxylation is 8. The zero-order chi connectivity index (χ0) is 114. The first kappa shape index (κ1) is 136. The summed E-state index contributed by atoms with van der Waals surface area (Å²) in [6, 6.07) is 91.2.